The molecule has 0 aliphatic heterocycles. The Labute approximate surface area is 107 Å². The Balaban J connectivity index is 2.28. The molecule has 1 heteroatoms. The lowest BCUT2D eigenvalue weighted by molar-refractivity contribution is 0.887. The summed E-state index contributed by atoms with van der Waals surface area (Å²) >= 11 is 0. The quantitative estimate of drug-likeness (QED) is 0.589. The first-order valence-electron chi connectivity index (χ1n) is 5.97. The van der Waals surface area contributed by atoms with E-state index in [2.05, 4.69) is 59.1 Å². The molecule has 1 aromatic heterocycles. The van der Waals surface area contributed by atoms with E-state index in [1.165, 1.54) is 22.0 Å². The monoisotopic (exact) mass is 231 g/mol. The highest BCUT2D eigenvalue weighted by atomic mass is 14.9. The van der Waals surface area contributed by atoms with Gasteiger partial charge in [-0.25, -0.2) is 0 Å². The number of aromatic nitrogens is 1. The van der Waals surface area contributed by atoms with Crippen LogP contribution in [0.1, 0.15) is 0 Å². The first kappa shape index (κ1) is 10.7. The highest BCUT2D eigenvalue weighted by Crippen LogP contribution is 2.30. The van der Waals surface area contributed by atoms with Crippen molar-refractivity contribution in [2.75, 3.05) is 0 Å². The summed E-state index contributed by atoms with van der Waals surface area (Å²) in [4.78, 5) is 0. The molecule has 0 saturated carbocycles. The third-order valence-corrected chi connectivity index (χ3v) is 3.14. The van der Waals surface area contributed by atoms with E-state index in [1.807, 2.05) is 12.1 Å². The summed E-state index contributed by atoms with van der Waals surface area (Å²) in [6.45, 7) is 0.605. The largest absolute Gasteiger partial charge is 0.335 e. The van der Waals surface area contributed by atoms with Gasteiger partial charge < -0.3 is 4.57 Å². The molecule has 0 aliphatic rings. The van der Waals surface area contributed by atoms with Gasteiger partial charge in [-0.1, -0.05) is 54.5 Å². The summed E-state index contributed by atoms with van der Waals surface area (Å²) in [5.41, 5.74) is 3.65. The highest BCUT2D eigenvalue weighted by molar-refractivity contribution is 5.96. The molecule has 1 nitrogen and oxygen atoms in total. The average Bonchev–Trinajstić information content (AvgIpc) is 2.80. The molecular weight excluding hydrogens is 218 g/mol. The normalized spacial score (nSPS) is 10.4. The molecule has 0 saturated heterocycles. The third-order valence-electron chi connectivity index (χ3n) is 3.14. The minimum atomic E-state index is 0.605. The van der Waals surface area contributed by atoms with Gasteiger partial charge in [0.2, 0.25) is 0 Å². The Morgan fingerprint density at radius 3 is 2.44 bits per heavy atom. The highest BCUT2D eigenvalue weighted by Gasteiger charge is 2.08. The Hall–Kier alpha value is -2.46. The molecule has 3 rings (SSSR count). The molecule has 0 amide bonds. The first-order chi connectivity index (χ1) is 8.90. The van der Waals surface area contributed by atoms with E-state index in [0.29, 0.717) is 6.54 Å². The fourth-order valence-electron chi connectivity index (χ4n) is 2.32. The Morgan fingerprint density at radius 1 is 0.944 bits per heavy atom. The van der Waals surface area contributed by atoms with Gasteiger partial charge in [-0.2, -0.15) is 0 Å². The van der Waals surface area contributed by atoms with E-state index in [1.54, 1.807) is 0 Å². The molecule has 86 valence electrons. The van der Waals surface area contributed by atoms with Crippen LogP contribution in [0.15, 0.2) is 60.8 Å². The van der Waals surface area contributed by atoms with Crippen molar-refractivity contribution in [2.24, 2.45) is 0 Å². The molecule has 0 unspecified atom stereocenters. The molecule has 0 atom stereocenters. The van der Waals surface area contributed by atoms with Crippen LogP contribution >= 0.6 is 0 Å². The average molecular weight is 231 g/mol. The number of rotatable bonds is 2. The SMILES string of the molecule is C#CCn1cc(-c2ccccc2)c2ccccc21. The number of hydrogen-bond acceptors (Lipinski definition) is 0. The molecule has 0 radical (unpaired) electrons. The Morgan fingerprint density at radius 2 is 1.67 bits per heavy atom. The maximum atomic E-state index is 5.43. The van der Waals surface area contributed by atoms with Crippen LogP contribution in [-0.4, -0.2) is 4.57 Å². The second-order valence-corrected chi connectivity index (χ2v) is 4.26. The van der Waals surface area contributed by atoms with E-state index >= 15 is 0 Å². The predicted molar refractivity (Wildman–Crippen MR) is 76.2 cm³/mol. The van der Waals surface area contributed by atoms with Crippen molar-refractivity contribution in [3.8, 4) is 23.5 Å². The standard InChI is InChI=1S/C17H13N/c1-2-12-18-13-16(14-8-4-3-5-9-14)15-10-6-7-11-17(15)18/h1,3-11,13H,12H2. The van der Waals surface area contributed by atoms with E-state index < -0.39 is 0 Å². The van der Waals surface area contributed by atoms with Crippen molar-refractivity contribution in [1.29, 1.82) is 0 Å². The van der Waals surface area contributed by atoms with Crippen molar-refractivity contribution >= 4 is 10.9 Å². The molecule has 1 heterocycles. The summed E-state index contributed by atoms with van der Waals surface area (Å²) < 4.78 is 2.12. The van der Waals surface area contributed by atoms with E-state index in [-0.39, 0.29) is 0 Å². The molecule has 3 aromatic rings. The smallest absolute Gasteiger partial charge is 0.0835 e. The van der Waals surface area contributed by atoms with Crippen LogP contribution in [0, 0.1) is 12.3 Å². The van der Waals surface area contributed by atoms with E-state index in [0.717, 1.165) is 0 Å². The number of para-hydroxylation sites is 1. The number of nitrogens with zero attached hydrogens (tertiary/aromatic N) is 1. The molecule has 18 heavy (non-hydrogen) atoms. The van der Waals surface area contributed by atoms with Gasteiger partial charge in [0.1, 0.15) is 0 Å². The van der Waals surface area contributed by atoms with Crippen molar-refractivity contribution in [2.45, 2.75) is 6.54 Å². The second kappa shape index (κ2) is 4.43. The van der Waals surface area contributed by atoms with Gasteiger partial charge in [0, 0.05) is 22.7 Å². The fourth-order valence-corrected chi connectivity index (χ4v) is 2.32. The van der Waals surface area contributed by atoms with Crippen LogP contribution in [0.4, 0.5) is 0 Å². The van der Waals surface area contributed by atoms with Gasteiger partial charge in [-0.05, 0) is 11.6 Å². The topological polar surface area (TPSA) is 4.93 Å². The van der Waals surface area contributed by atoms with Gasteiger partial charge in [0.05, 0.1) is 6.54 Å². The summed E-state index contributed by atoms with van der Waals surface area (Å²) in [6, 6.07) is 18.8. The van der Waals surface area contributed by atoms with Gasteiger partial charge >= 0.3 is 0 Å². The zero-order chi connectivity index (χ0) is 12.4. The lowest BCUT2D eigenvalue weighted by Gasteiger charge is -1.98. The molecule has 0 N–H and O–H groups in total. The summed E-state index contributed by atoms with van der Waals surface area (Å²) in [6.07, 6.45) is 7.57. The van der Waals surface area contributed by atoms with Crippen molar-refractivity contribution < 1.29 is 0 Å². The molecule has 0 aliphatic carbocycles. The Bertz CT molecular complexity index is 714. The van der Waals surface area contributed by atoms with Gasteiger partial charge in [0.15, 0.2) is 0 Å². The lowest BCUT2D eigenvalue weighted by atomic mass is 10.1. The van der Waals surface area contributed by atoms with Crippen molar-refractivity contribution in [1.82, 2.24) is 4.57 Å². The Kier molecular flexibility index (Phi) is 2.63. The van der Waals surface area contributed by atoms with Crippen LogP contribution in [0.5, 0.6) is 0 Å². The minimum Gasteiger partial charge on any atom is -0.335 e. The summed E-state index contributed by atoms with van der Waals surface area (Å²) in [7, 11) is 0. The second-order valence-electron chi connectivity index (χ2n) is 4.26. The minimum absolute atomic E-state index is 0.605. The zero-order valence-corrected chi connectivity index (χ0v) is 10.0. The number of benzene rings is 2. The maximum absolute atomic E-state index is 5.43. The van der Waals surface area contributed by atoms with E-state index in [4.69, 9.17) is 6.42 Å². The van der Waals surface area contributed by atoms with Gasteiger partial charge in [0.25, 0.3) is 0 Å². The lowest BCUT2D eigenvalue weighted by Crippen LogP contribution is -1.91. The molecule has 0 fully saturated rings. The fraction of sp³-hybridized carbons (Fsp3) is 0.0588. The number of hydrogen-bond donors (Lipinski definition) is 0. The molecule has 0 bridgehead atoms. The predicted octanol–water partition coefficient (Wildman–Crippen LogP) is 3.94. The van der Waals surface area contributed by atoms with Crippen LogP contribution in [0.25, 0.3) is 22.0 Å². The van der Waals surface area contributed by atoms with Crippen LogP contribution in [-0.2, 0) is 6.54 Å². The third kappa shape index (κ3) is 1.69. The molecular formula is C17H13N. The van der Waals surface area contributed by atoms with Crippen LogP contribution < -0.4 is 0 Å². The summed E-state index contributed by atoms with van der Waals surface area (Å²) in [5.74, 6) is 2.70. The van der Waals surface area contributed by atoms with Gasteiger partial charge in [-0.15, -0.1) is 6.42 Å². The van der Waals surface area contributed by atoms with Crippen molar-refractivity contribution in [3.05, 3.63) is 60.8 Å². The van der Waals surface area contributed by atoms with Crippen LogP contribution in [0.3, 0.4) is 0 Å². The first-order valence-corrected chi connectivity index (χ1v) is 5.97. The van der Waals surface area contributed by atoms with Gasteiger partial charge in [-0.3, -0.25) is 0 Å². The van der Waals surface area contributed by atoms with E-state index in [9.17, 15) is 0 Å². The zero-order valence-electron chi connectivity index (χ0n) is 10.0. The van der Waals surface area contributed by atoms with Crippen LogP contribution in [0.2, 0.25) is 0 Å². The summed E-state index contributed by atoms with van der Waals surface area (Å²) in [5, 5.41) is 1.25. The molecule has 2 aromatic carbocycles. The van der Waals surface area contributed by atoms with Crippen molar-refractivity contribution in [3.63, 3.8) is 0 Å². The molecule has 0 spiro atoms. The number of fused-ring (bicyclic) bond motifs is 1. The number of terminal acetylenes is 1. The maximum Gasteiger partial charge on any atom is 0.0835 e.